The molecule has 0 fully saturated rings. The van der Waals surface area contributed by atoms with Gasteiger partial charge in [0.2, 0.25) is 11.6 Å². The van der Waals surface area contributed by atoms with E-state index in [2.05, 4.69) is 0 Å². The zero-order valence-corrected chi connectivity index (χ0v) is 12.8. The van der Waals surface area contributed by atoms with Crippen molar-refractivity contribution < 1.29 is 9.59 Å². The third-order valence-electron chi connectivity index (χ3n) is 2.57. The number of hydrogen-bond acceptors (Lipinski definition) is 2. The second-order valence-electron chi connectivity index (χ2n) is 3.92. The molecule has 0 amide bonds. The van der Waals surface area contributed by atoms with E-state index in [0.29, 0.717) is 10.0 Å². The summed E-state index contributed by atoms with van der Waals surface area (Å²) in [6, 6.07) is 8.49. The molecule has 0 saturated heterocycles. The topological polar surface area (TPSA) is 34.1 Å². The summed E-state index contributed by atoms with van der Waals surface area (Å²) in [6.45, 7) is 0. The molecule has 0 aliphatic heterocycles. The molecule has 2 aromatic carbocycles. The minimum absolute atomic E-state index is 0.162. The highest BCUT2D eigenvalue weighted by molar-refractivity contribution is 6.50. The number of ketones is 2. The van der Waals surface area contributed by atoms with Gasteiger partial charge in [-0.2, -0.15) is 0 Å². The average molecular weight is 348 g/mol. The quantitative estimate of drug-likeness (QED) is 0.552. The van der Waals surface area contributed by atoms with E-state index in [1.807, 2.05) is 0 Å². The number of Topliss-reactive ketones (excluding diaryl/α,β-unsaturated/α-hetero) is 2. The van der Waals surface area contributed by atoms with Crippen molar-refractivity contribution >= 4 is 58.0 Å². The van der Waals surface area contributed by atoms with Gasteiger partial charge in [-0.25, -0.2) is 0 Å². The van der Waals surface area contributed by atoms with Gasteiger partial charge in [-0.3, -0.25) is 9.59 Å². The standard InChI is InChI=1S/C14H6Cl4O2/c15-9-3-1-7(5-11(9)17)13(19)14(20)8-2-4-10(16)12(18)6-8/h1-6H. The Kier molecular flexibility index (Phi) is 4.71. The van der Waals surface area contributed by atoms with E-state index in [9.17, 15) is 9.59 Å². The highest BCUT2D eigenvalue weighted by Crippen LogP contribution is 2.25. The van der Waals surface area contributed by atoms with Gasteiger partial charge in [0.25, 0.3) is 0 Å². The summed E-state index contributed by atoms with van der Waals surface area (Å²) >= 11 is 23.2. The molecule has 2 rings (SSSR count). The van der Waals surface area contributed by atoms with Crippen molar-refractivity contribution in [2.24, 2.45) is 0 Å². The molecule has 0 spiro atoms. The van der Waals surface area contributed by atoms with Gasteiger partial charge in [0, 0.05) is 11.1 Å². The second-order valence-corrected chi connectivity index (χ2v) is 5.54. The maximum Gasteiger partial charge on any atom is 0.233 e. The summed E-state index contributed by atoms with van der Waals surface area (Å²) < 4.78 is 0. The van der Waals surface area contributed by atoms with E-state index >= 15 is 0 Å². The van der Waals surface area contributed by atoms with E-state index in [1.165, 1.54) is 36.4 Å². The maximum absolute atomic E-state index is 12.1. The molecule has 0 bridgehead atoms. The highest BCUT2D eigenvalue weighted by atomic mass is 35.5. The lowest BCUT2D eigenvalue weighted by atomic mass is 10.0. The Morgan fingerprint density at radius 2 is 0.950 bits per heavy atom. The van der Waals surface area contributed by atoms with Crippen LogP contribution < -0.4 is 0 Å². The van der Waals surface area contributed by atoms with Crippen LogP contribution in [0.5, 0.6) is 0 Å². The van der Waals surface area contributed by atoms with Crippen molar-refractivity contribution in [2.75, 3.05) is 0 Å². The van der Waals surface area contributed by atoms with E-state index in [4.69, 9.17) is 46.4 Å². The SMILES string of the molecule is O=C(C(=O)c1ccc(Cl)c(Cl)c1)c1ccc(Cl)c(Cl)c1. The zero-order chi connectivity index (χ0) is 14.9. The first-order valence-electron chi connectivity index (χ1n) is 5.39. The average Bonchev–Trinajstić information content (AvgIpc) is 2.43. The lowest BCUT2D eigenvalue weighted by molar-refractivity contribution is 0.0817. The van der Waals surface area contributed by atoms with Crippen LogP contribution in [0.25, 0.3) is 0 Å². The first-order chi connectivity index (χ1) is 9.40. The van der Waals surface area contributed by atoms with Gasteiger partial charge < -0.3 is 0 Å². The molecule has 0 aliphatic rings. The summed E-state index contributed by atoms with van der Waals surface area (Å²) in [5, 5.41) is 1.04. The molecule has 0 N–H and O–H groups in total. The Hall–Kier alpha value is -1.06. The third-order valence-corrected chi connectivity index (χ3v) is 4.05. The van der Waals surface area contributed by atoms with Gasteiger partial charge in [-0.15, -0.1) is 0 Å². The fourth-order valence-electron chi connectivity index (χ4n) is 1.54. The number of benzene rings is 2. The van der Waals surface area contributed by atoms with Crippen molar-refractivity contribution in [2.45, 2.75) is 0 Å². The van der Waals surface area contributed by atoms with Crippen molar-refractivity contribution in [1.82, 2.24) is 0 Å². The Morgan fingerprint density at radius 3 is 1.25 bits per heavy atom. The Labute approximate surface area is 135 Å². The molecule has 0 heterocycles. The summed E-state index contributed by atoms with van der Waals surface area (Å²) in [5.74, 6) is -1.39. The Bertz CT molecular complexity index is 649. The normalized spacial score (nSPS) is 10.4. The largest absolute Gasteiger partial charge is 0.285 e. The zero-order valence-electron chi connectivity index (χ0n) is 9.79. The van der Waals surface area contributed by atoms with Crippen molar-refractivity contribution in [3.8, 4) is 0 Å². The monoisotopic (exact) mass is 346 g/mol. The summed E-state index contributed by atoms with van der Waals surface area (Å²) in [4.78, 5) is 24.2. The molecule has 2 nitrogen and oxygen atoms in total. The molecule has 0 unspecified atom stereocenters. The van der Waals surface area contributed by atoms with Crippen molar-refractivity contribution in [3.05, 3.63) is 67.6 Å². The number of hydrogen-bond donors (Lipinski definition) is 0. The van der Waals surface area contributed by atoms with Gasteiger partial charge in [-0.1, -0.05) is 46.4 Å². The second kappa shape index (κ2) is 6.15. The van der Waals surface area contributed by atoms with Crippen LogP contribution in [0, 0.1) is 0 Å². The van der Waals surface area contributed by atoms with Crippen LogP contribution in [0.1, 0.15) is 20.7 Å². The first-order valence-corrected chi connectivity index (χ1v) is 6.90. The molecule has 2 aromatic rings. The van der Waals surface area contributed by atoms with E-state index in [0.717, 1.165) is 0 Å². The smallest absolute Gasteiger partial charge is 0.233 e. The lowest BCUT2D eigenvalue weighted by Gasteiger charge is -2.04. The minimum atomic E-state index is -0.693. The fraction of sp³-hybridized carbons (Fsp3) is 0. The molecule has 20 heavy (non-hydrogen) atoms. The van der Waals surface area contributed by atoms with Crippen LogP contribution in [-0.2, 0) is 0 Å². The first kappa shape index (κ1) is 15.3. The van der Waals surface area contributed by atoms with Crippen LogP contribution in [0.4, 0.5) is 0 Å². The molecule has 0 aromatic heterocycles. The number of rotatable bonds is 3. The predicted molar refractivity (Wildman–Crippen MR) is 81.6 cm³/mol. The van der Waals surface area contributed by atoms with Gasteiger partial charge in [0.05, 0.1) is 20.1 Å². The summed E-state index contributed by atoms with van der Waals surface area (Å²) in [5.41, 5.74) is 0.325. The van der Waals surface area contributed by atoms with Crippen molar-refractivity contribution in [3.63, 3.8) is 0 Å². The predicted octanol–water partition coefficient (Wildman–Crippen LogP) is 5.37. The molecule has 0 saturated carbocycles. The molecular weight excluding hydrogens is 342 g/mol. The van der Waals surface area contributed by atoms with Gasteiger partial charge in [0.1, 0.15) is 0 Å². The van der Waals surface area contributed by atoms with E-state index < -0.39 is 11.6 Å². The highest BCUT2D eigenvalue weighted by Gasteiger charge is 2.19. The van der Waals surface area contributed by atoms with Crippen LogP contribution in [0.3, 0.4) is 0 Å². The number of carbonyl (C=O) groups excluding carboxylic acids is 2. The van der Waals surface area contributed by atoms with E-state index in [1.54, 1.807) is 0 Å². The van der Waals surface area contributed by atoms with Gasteiger partial charge >= 0.3 is 0 Å². The maximum atomic E-state index is 12.1. The van der Waals surface area contributed by atoms with E-state index in [-0.39, 0.29) is 21.2 Å². The molecular formula is C14H6Cl4O2. The molecule has 0 atom stereocenters. The third kappa shape index (κ3) is 3.15. The summed E-state index contributed by atoms with van der Waals surface area (Å²) in [7, 11) is 0. The van der Waals surface area contributed by atoms with Gasteiger partial charge in [-0.05, 0) is 36.4 Å². The fourth-order valence-corrected chi connectivity index (χ4v) is 2.13. The number of carbonyl (C=O) groups is 2. The Balaban J connectivity index is 2.34. The van der Waals surface area contributed by atoms with Crippen LogP contribution >= 0.6 is 46.4 Å². The summed E-state index contributed by atoms with van der Waals surface area (Å²) in [6.07, 6.45) is 0. The molecule has 6 heteroatoms. The molecule has 0 aliphatic carbocycles. The van der Waals surface area contributed by atoms with Gasteiger partial charge in [0.15, 0.2) is 0 Å². The molecule has 102 valence electrons. The minimum Gasteiger partial charge on any atom is -0.285 e. The lowest BCUT2D eigenvalue weighted by Crippen LogP contribution is -2.14. The van der Waals surface area contributed by atoms with Crippen LogP contribution in [0.15, 0.2) is 36.4 Å². The van der Waals surface area contributed by atoms with Crippen molar-refractivity contribution in [1.29, 1.82) is 0 Å². The number of halogens is 4. The van der Waals surface area contributed by atoms with Crippen LogP contribution in [0.2, 0.25) is 20.1 Å². The van der Waals surface area contributed by atoms with Crippen LogP contribution in [-0.4, -0.2) is 11.6 Å². The molecule has 0 radical (unpaired) electrons. The Morgan fingerprint density at radius 1 is 0.600 bits per heavy atom.